The first-order chi connectivity index (χ1) is 23.9. The lowest BCUT2D eigenvalue weighted by Crippen LogP contribution is -2.52. The van der Waals surface area contributed by atoms with Crippen molar-refractivity contribution in [1.29, 1.82) is 0 Å². The molecule has 268 valence electrons. The summed E-state index contributed by atoms with van der Waals surface area (Å²) in [4.78, 5) is 27.1. The number of carbonyl (C=O) groups excluding carboxylic acids is 2. The zero-order valence-electron chi connectivity index (χ0n) is 30.6. The summed E-state index contributed by atoms with van der Waals surface area (Å²) in [6.07, 6.45) is 4.07. The fourth-order valence-corrected chi connectivity index (χ4v) is 9.69. The van der Waals surface area contributed by atoms with E-state index in [2.05, 4.69) is 70.4 Å². The number of rotatable bonds is 19. The molecule has 8 heteroatoms. The van der Waals surface area contributed by atoms with Crippen LogP contribution in [0.5, 0.6) is 0 Å². The summed E-state index contributed by atoms with van der Waals surface area (Å²) in [5, 5.41) is 3.24. The number of benzene rings is 3. The molecule has 0 fully saturated rings. The van der Waals surface area contributed by atoms with Gasteiger partial charge in [0.05, 0.1) is 24.2 Å². The molecule has 1 aliphatic carbocycles. The third-order valence-corrected chi connectivity index (χ3v) is 11.7. The normalized spacial score (nSPS) is 15.1. The smallest absolute Gasteiger partial charge is 0.407 e. The van der Waals surface area contributed by atoms with Gasteiger partial charge in [0.25, 0.3) is 0 Å². The second kappa shape index (κ2) is 18.7. The molecular weight excluding hydrogens is 659 g/mol. The van der Waals surface area contributed by atoms with Crippen molar-refractivity contribution in [2.75, 3.05) is 6.61 Å². The van der Waals surface area contributed by atoms with Crippen LogP contribution < -0.4 is 5.32 Å². The van der Waals surface area contributed by atoms with E-state index in [9.17, 15) is 9.59 Å². The van der Waals surface area contributed by atoms with Gasteiger partial charge < -0.3 is 18.9 Å². The summed E-state index contributed by atoms with van der Waals surface area (Å²) in [5.74, 6) is 0.795. The Bertz CT molecular complexity index is 1530. The summed E-state index contributed by atoms with van der Waals surface area (Å²) in [7, 11) is -2.89. The molecule has 6 nitrogen and oxygen atoms in total. The number of thioether (sulfide) groups is 1. The molecule has 3 aromatic carbocycles. The standard InChI is InChI=1S/C42H55NO5SSi/c1-9-18-40(48-50(7,8)47-39(10-2)36(25-29(3)4)41(44)49-28-31-19-12-11-13-20-31)38(26-30(5)6)43-42(45)46-27-37-34-23-16-14-21-32(34)33-22-15-17-24-35(33)37/h9-17,19-24,29-30,36-40H,1-2,18,25-28H2,3-8H3,(H,43,45)/t36-,38-,39+,40-/m0/s1. The summed E-state index contributed by atoms with van der Waals surface area (Å²) in [6, 6.07) is 26.3. The molecule has 0 aliphatic heterocycles. The maximum absolute atomic E-state index is 13.6. The Kier molecular flexibility index (Phi) is 14.7. The molecule has 0 saturated carbocycles. The number of nitrogens with one attached hydrogen (secondary N) is 1. The Morgan fingerprint density at radius 1 is 0.840 bits per heavy atom. The number of amides is 1. The minimum atomic E-state index is -2.89. The fourth-order valence-electron chi connectivity index (χ4n) is 6.78. The van der Waals surface area contributed by atoms with Crippen LogP contribution in [0.3, 0.4) is 0 Å². The number of carbonyl (C=O) groups is 2. The van der Waals surface area contributed by atoms with Gasteiger partial charge in [0.15, 0.2) is 5.12 Å². The van der Waals surface area contributed by atoms with Crippen molar-refractivity contribution < 1.29 is 23.2 Å². The highest BCUT2D eigenvalue weighted by Gasteiger charge is 2.39. The highest BCUT2D eigenvalue weighted by Crippen LogP contribution is 2.44. The molecule has 1 N–H and O–H groups in total. The van der Waals surface area contributed by atoms with E-state index in [1.54, 1.807) is 6.08 Å². The van der Waals surface area contributed by atoms with Gasteiger partial charge in [-0.15, -0.1) is 13.2 Å². The van der Waals surface area contributed by atoms with Crippen molar-refractivity contribution in [3.63, 3.8) is 0 Å². The van der Waals surface area contributed by atoms with Crippen LogP contribution >= 0.6 is 11.8 Å². The first-order valence-electron chi connectivity index (χ1n) is 17.8. The Hall–Kier alpha value is -3.43. The topological polar surface area (TPSA) is 73.9 Å². The van der Waals surface area contributed by atoms with Crippen LogP contribution in [0.1, 0.15) is 69.6 Å². The molecule has 0 radical (unpaired) electrons. The van der Waals surface area contributed by atoms with Gasteiger partial charge >= 0.3 is 14.7 Å². The molecule has 0 unspecified atom stereocenters. The predicted molar refractivity (Wildman–Crippen MR) is 209 cm³/mol. The van der Waals surface area contributed by atoms with Gasteiger partial charge in [0.2, 0.25) is 0 Å². The molecule has 0 saturated heterocycles. The maximum atomic E-state index is 13.6. The molecule has 0 spiro atoms. The van der Waals surface area contributed by atoms with Crippen LogP contribution in [0, 0.1) is 17.8 Å². The predicted octanol–water partition coefficient (Wildman–Crippen LogP) is 10.3. The fraction of sp³-hybridized carbons (Fsp3) is 0.429. The third kappa shape index (κ3) is 11.0. The number of hydrogen-bond acceptors (Lipinski definition) is 6. The third-order valence-electron chi connectivity index (χ3n) is 8.96. The van der Waals surface area contributed by atoms with E-state index in [1.807, 2.05) is 73.8 Å². The molecule has 1 amide bonds. The lowest BCUT2D eigenvalue weighted by molar-refractivity contribution is -0.117. The van der Waals surface area contributed by atoms with E-state index in [0.717, 1.165) is 5.56 Å². The molecule has 0 heterocycles. The monoisotopic (exact) mass is 713 g/mol. The van der Waals surface area contributed by atoms with E-state index in [4.69, 9.17) is 13.6 Å². The Labute approximate surface area is 305 Å². The van der Waals surface area contributed by atoms with Gasteiger partial charge in [-0.2, -0.15) is 0 Å². The Balaban J connectivity index is 1.44. The van der Waals surface area contributed by atoms with Crippen LogP contribution in [0.2, 0.25) is 13.1 Å². The Morgan fingerprint density at radius 2 is 1.42 bits per heavy atom. The van der Waals surface area contributed by atoms with Gasteiger partial charge in [-0.25, -0.2) is 4.79 Å². The molecule has 50 heavy (non-hydrogen) atoms. The summed E-state index contributed by atoms with van der Waals surface area (Å²) in [6.45, 7) is 20.8. The molecular formula is C42H55NO5SSi. The zero-order chi connectivity index (χ0) is 36.3. The average Bonchev–Trinajstić information content (AvgIpc) is 3.41. The lowest BCUT2D eigenvalue weighted by atomic mass is 9.93. The molecule has 4 atom stereocenters. The number of fused-ring (bicyclic) bond motifs is 3. The van der Waals surface area contributed by atoms with Gasteiger partial charge in [0.1, 0.15) is 6.61 Å². The van der Waals surface area contributed by atoms with Crippen LogP contribution in [-0.4, -0.2) is 44.6 Å². The number of ether oxygens (including phenoxy) is 1. The average molecular weight is 714 g/mol. The van der Waals surface area contributed by atoms with Gasteiger partial charge in [-0.3, -0.25) is 4.79 Å². The number of hydrogen-bond donors (Lipinski definition) is 1. The van der Waals surface area contributed by atoms with Crippen molar-refractivity contribution in [3.8, 4) is 11.1 Å². The van der Waals surface area contributed by atoms with E-state index in [-0.39, 0.29) is 35.5 Å². The highest BCUT2D eigenvalue weighted by atomic mass is 32.2. The van der Waals surface area contributed by atoms with Crippen molar-refractivity contribution >= 4 is 31.5 Å². The molecule has 1 aliphatic rings. The second-order valence-corrected chi connectivity index (χ2v) is 18.7. The largest absolute Gasteiger partial charge is 0.449 e. The molecule has 3 aromatic rings. The van der Waals surface area contributed by atoms with E-state index in [0.29, 0.717) is 30.9 Å². The van der Waals surface area contributed by atoms with Gasteiger partial charge in [-0.05, 0) is 72.0 Å². The molecule has 0 aromatic heterocycles. The van der Waals surface area contributed by atoms with E-state index in [1.165, 1.54) is 34.0 Å². The van der Waals surface area contributed by atoms with Crippen LogP contribution in [0.25, 0.3) is 11.1 Å². The van der Waals surface area contributed by atoms with Crippen molar-refractivity contribution in [3.05, 3.63) is 121 Å². The van der Waals surface area contributed by atoms with Crippen LogP contribution in [0.15, 0.2) is 104 Å². The van der Waals surface area contributed by atoms with Crippen LogP contribution in [0.4, 0.5) is 4.79 Å². The van der Waals surface area contributed by atoms with Crippen LogP contribution in [-0.2, 0) is 24.1 Å². The highest BCUT2D eigenvalue weighted by molar-refractivity contribution is 8.13. The lowest BCUT2D eigenvalue weighted by Gasteiger charge is -2.37. The molecule has 0 bridgehead atoms. The SMILES string of the molecule is C=CC[C@H](O[Si](C)(C)O[C@H](C=C)[C@H](CC(C)C)C(=O)SCc1ccccc1)[C@H](CC(C)C)NC(=O)OCC1c2ccccc2-c2ccccc21. The minimum Gasteiger partial charge on any atom is -0.449 e. The van der Waals surface area contributed by atoms with Crippen molar-refractivity contribution in [2.24, 2.45) is 17.8 Å². The molecule has 4 rings (SSSR count). The van der Waals surface area contributed by atoms with E-state index >= 15 is 0 Å². The summed E-state index contributed by atoms with van der Waals surface area (Å²) >= 11 is 1.33. The summed E-state index contributed by atoms with van der Waals surface area (Å²) in [5.41, 5.74) is 5.82. The Morgan fingerprint density at radius 3 is 1.98 bits per heavy atom. The first kappa shape index (κ1) is 39.4. The second-order valence-electron chi connectivity index (χ2n) is 14.4. The number of alkyl carbamates (subject to hydrolysis) is 1. The zero-order valence-corrected chi connectivity index (χ0v) is 32.4. The maximum Gasteiger partial charge on any atom is 0.407 e. The van der Waals surface area contributed by atoms with Crippen molar-refractivity contribution in [1.82, 2.24) is 5.32 Å². The minimum absolute atomic E-state index is 0.0279. The van der Waals surface area contributed by atoms with Crippen molar-refractivity contribution in [2.45, 2.75) is 90.0 Å². The van der Waals surface area contributed by atoms with Gasteiger partial charge in [0, 0.05) is 11.7 Å². The van der Waals surface area contributed by atoms with Gasteiger partial charge in [-0.1, -0.05) is 130 Å². The first-order valence-corrected chi connectivity index (χ1v) is 21.6. The van der Waals surface area contributed by atoms with E-state index < -0.39 is 26.9 Å². The summed E-state index contributed by atoms with van der Waals surface area (Å²) < 4.78 is 19.5. The quantitative estimate of drug-likeness (QED) is 0.0985.